The lowest BCUT2D eigenvalue weighted by atomic mass is 9.99. The standard InChI is InChI=1S/C12H22N4/c1-3-15-9-14-7-12(15)8-16-5-4-11(13)6-10(16)2/h7,9-11H,3-6,8,13H2,1-2H3. The summed E-state index contributed by atoms with van der Waals surface area (Å²) >= 11 is 0. The second-order valence-electron chi connectivity index (χ2n) is 4.77. The van der Waals surface area contributed by atoms with Crippen molar-refractivity contribution in [1.29, 1.82) is 0 Å². The molecule has 1 aliphatic heterocycles. The fraction of sp³-hybridized carbons (Fsp3) is 0.750. The minimum Gasteiger partial charge on any atom is -0.334 e. The van der Waals surface area contributed by atoms with Crippen LogP contribution < -0.4 is 5.73 Å². The number of hydrogen-bond acceptors (Lipinski definition) is 3. The van der Waals surface area contributed by atoms with E-state index in [0.717, 1.165) is 32.5 Å². The first kappa shape index (κ1) is 11.6. The van der Waals surface area contributed by atoms with E-state index in [9.17, 15) is 0 Å². The van der Waals surface area contributed by atoms with Gasteiger partial charge in [-0.05, 0) is 26.7 Å². The molecule has 2 rings (SSSR count). The van der Waals surface area contributed by atoms with Crippen LogP contribution in [0.15, 0.2) is 12.5 Å². The van der Waals surface area contributed by atoms with Gasteiger partial charge in [0, 0.05) is 37.9 Å². The van der Waals surface area contributed by atoms with E-state index in [4.69, 9.17) is 5.73 Å². The van der Waals surface area contributed by atoms with Gasteiger partial charge in [-0.3, -0.25) is 4.90 Å². The molecule has 1 saturated heterocycles. The third-order valence-electron chi connectivity index (χ3n) is 3.56. The highest BCUT2D eigenvalue weighted by Crippen LogP contribution is 2.18. The quantitative estimate of drug-likeness (QED) is 0.836. The zero-order valence-electron chi connectivity index (χ0n) is 10.3. The van der Waals surface area contributed by atoms with Crippen molar-refractivity contribution in [2.24, 2.45) is 5.73 Å². The average Bonchev–Trinajstić information content (AvgIpc) is 2.69. The van der Waals surface area contributed by atoms with Gasteiger partial charge in [0.2, 0.25) is 0 Å². The van der Waals surface area contributed by atoms with Gasteiger partial charge in [0.15, 0.2) is 0 Å². The van der Waals surface area contributed by atoms with E-state index in [1.807, 2.05) is 12.5 Å². The van der Waals surface area contributed by atoms with E-state index >= 15 is 0 Å². The Morgan fingerprint density at radius 2 is 2.38 bits per heavy atom. The fourth-order valence-corrected chi connectivity index (χ4v) is 2.46. The van der Waals surface area contributed by atoms with Crippen LogP contribution in [-0.4, -0.2) is 33.1 Å². The van der Waals surface area contributed by atoms with Gasteiger partial charge >= 0.3 is 0 Å². The molecule has 2 heterocycles. The molecule has 0 saturated carbocycles. The first-order valence-corrected chi connectivity index (χ1v) is 6.19. The summed E-state index contributed by atoms with van der Waals surface area (Å²) in [5.41, 5.74) is 7.28. The summed E-state index contributed by atoms with van der Waals surface area (Å²) < 4.78 is 2.21. The molecule has 0 aromatic carbocycles. The third-order valence-corrected chi connectivity index (χ3v) is 3.56. The topological polar surface area (TPSA) is 47.1 Å². The highest BCUT2D eigenvalue weighted by Gasteiger charge is 2.23. The lowest BCUT2D eigenvalue weighted by molar-refractivity contribution is 0.137. The molecule has 2 unspecified atom stereocenters. The Bertz CT molecular complexity index is 334. The monoisotopic (exact) mass is 222 g/mol. The molecule has 4 heteroatoms. The predicted octanol–water partition coefficient (Wildman–Crippen LogP) is 1.21. The van der Waals surface area contributed by atoms with E-state index in [1.165, 1.54) is 5.69 Å². The first-order valence-electron chi connectivity index (χ1n) is 6.19. The van der Waals surface area contributed by atoms with E-state index in [-0.39, 0.29) is 0 Å². The summed E-state index contributed by atoms with van der Waals surface area (Å²) in [6, 6.07) is 0.978. The highest BCUT2D eigenvalue weighted by molar-refractivity contribution is 4.99. The smallest absolute Gasteiger partial charge is 0.0948 e. The molecule has 1 aromatic heterocycles. The Morgan fingerprint density at radius 3 is 3.06 bits per heavy atom. The maximum Gasteiger partial charge on any atom is 0.0948 e. The number of imidazole rings is 1. The average molecular weight is 222 g/mol. The molecule has 4 nitrogen and oxygen atoms in total. The van der Waals surface area contributed by atoms with Crippen molar-refractivity contribution in [2.45, 2.75) is 51.9 Å². The van der Waals surface area contributed by atoms with Crippen LogP contribution in [0.25, 0.3) is 0 Å². The molecule has 0 aliphatic carbocycles. The van der Waals surface area contributed by atoms with Gasteiger partial charge in [-0.15, -0.1) is 0 Å². The van der Waals surface area contributed by atoms with Gasteiger partial charge in [0.25, 0.3) is 0 Å². The number of hydrogen-bond donors (Lipinski definition) is 1. The van der Waals surface area contributed by atoms with Crippen LogP contribution in [0.4, 0.5) is 0 Å². The number of rotatable bonds is 3. The number of piperidine rings is 1. The number of nitrogens with zero attached hydrogens (tertiary/aromatic N) is 3. The van der Waals surface area contributed by atoms with Crippen LogP contribution in [0.5, 0.6) is 0 Å². The van der Waals surface area contributed by atoms with Crippen LogP contribution >= 0.6 is 0 Å². The minimum atomic E-state index is 0.391. The normalized spacial score (nSPS) is 27.2. The van der Waals surface area contributed by atoms with E-state index in [0.29, 0.717) is 12.1 Å². The van der Waals surface area contributed by atoms with Gasteiger partial charge in [-0.25, -0.2) is 4.98 Å². The van der Waals surface area contributed by atoms with Gasteiger partial charge in [0.05, 0.1) is 12.0 Å². The van der Waals surface area contributed by atoms with Crippen molar-refractivity contribution in [3.05, 3.63) is 18.2 Å². The SMILES string of the molecule is CCn1cncc1CN1CCC(N)CC1C. The maximum atomic E-state index is 5.97. The lowest BCUT2D eigenvalue weighted by Crippen LogP contribution is -2.45. The van der Waals surface area contributed by atoms with Gasteiger partial charge in [-0.1, -0.05) is 0 Å². The Morgan fingerprint density at radius 1 is 1.56 bits per heavy atom. The molecule has 90 valence electrons. The van der Waals surface area contributed by atoms with E-state index < -0.39 is 0 Å². The Balaban J connectivity index is 1.99. The molecule has 0 amide bonds. The molecule has 16 heavy (non-hydrogen) atoms. The molecule has 1 fully saturated rings. The molecule has 2 N–H and O–H groups in total. The number of likely N-dealkylation sites (tertiary alicyclic amines) is 1. The molecular weight excluding hydrogens is 200 g/mol. The second kappa shape index (κ2) is 4.97. The molecular formula is C12H22N4. The van der Waals surface area contributed by atoms with Crippen molar-refractivity contribution < 1.29 is 0 Å². The molecule has 0 spiro atoms. The molecule has 0 radical (unpaired) electrons. The first-order chi connectivity index (χ1) is 7.70. The molecule has 2 atom stereocenters. The van der Waals surface area contributed by atoms with E-state index in [1.54, 1.807) is 0 Å². The number of aromatic nitrogens is 2. The van der Waals surface area contributed by atoms with Crippen molar-refractivity contribution >= 4 is 0 Å². The third kappa shape index (κ3) is 2.44. The largest absolute Gasteiger partial charge is 0.334 e. The van der Waals surface area contributed by atoms with Crippen molar-refractivity contribution in [1.82, 2.24) is 14.5 Å². The highest BCUT2D eigenvalue weighted by atomic mass is 15.2. The van der Waals surface area contributed by atoms with Gasteiger partial charge < -0.3 is 10.3 Å². The van der Waals surface area contributed by atoms with Crippen LogP contribution in [0.1, 0.15) is 32.4 Å². The summed E-state index contributed by atoms with van der Waals surface area (Å²) in [5, 5.41) is 0. The molecule has 0 bridgehead atoms. The predicted molar refractivity (Wildman–Crippen MR) is 65.0 cm³/mol. The fourth-order valence-electron chi connectivity index (χ4n) is 2.46. The zero-order valence-corrected chi connectivity index (χ0v) is 10.3. The van der Waals surface area contributed by atoms with Crippen LogP contribution in [0, 0.1) is 0 Å². The second-order valence-corrected chi connectivity index (χ2v) is 4.77. The van der Waals surface area contributed by atoms with Gasteiger partial charge in [-0.2, -0.15) is 0 Å². The van der Waals surface area contributed by atoms with Gasteiger partial charge in [0.1, 0.15) is 0 Å². The molecule has 1 aliphatic rings. The minimum absolute atomic E-state index is 0.391. The summed E-state index contributed by atoms with van der Waals surface area (Å²) in [7, 11) is 0. The van der Waals surface area contributed by atoms with Crippen LogP contribution in [0.2, 0.25) is 0 Å². The summed E-state index contributed by atoms with van der Waals surface area (Å²) in [4.78, 5) is 6.72. The Kier molecular flexibility index (Phi) is 3.61. The summed E-state index contributed by atoms with van der Waals surface area (Å²) in [6.45, 7) is 7.53. The van der Waals surface area contributed by atoms with Crippen LogP contribution in [0.3, 0.4) is 0 Å². The zero-order chi connectivity index (χ0) is 11.5. The summed E-state index contributed by atoms with van der Waals surface area (Å²) in [5.74, 6) is 0. The van der Waals surface area contributed by atoms with Crippen molar-refractivity contribution in [3.63, 3.8) is 0 Å². The Labute approximate surface area is 97.4 Å². The number of nitrogens with two attached hydrogens (primary N) is 1. The van der Waals surface area contributed by atoms with E-state index in [2.05, 4.69) is 28.3 Å². The molecule has 1 aromatic rings. The van der Waals surface area contributed by atoms with Crippen LogP contribution in [-0.2, 0) is 13.1 Å². The number of aryl methyl sites for hydroxylation is 1. The lowest BCUT2D eigenvalue weighted by Gasteiger charge is -2.36. The summed E-state index contributed by atoms with van der Waals surface area (Å²) in [6.07, 6.45) is 6.12. The Hall–Kier alpha value is -0.870. The maximum absolute atomic E-state index is 5.97. The van der Waals surface area contributed by atoms with Crippen molar-refractivity contribution in [2.75, 3.05) is 6.54 Å². The van der Waals surface area contributed by atoms with Crippen molar-refractivity contribution in [3.8, 4) is 0 Å².